The zero-order chi connectivity index (χ0) is 16.8. The van der Waals surface area contributed by atoms with Crippen LogP contribution in [0, 0.1) is 0 Å². The van der Waals surface area contributed by atoms with Crippen LogP contribution < -0.4 is 10.1 Å². The van der Waals surface area contributed by atoms with Crippen LogP contribution in [0.15, 0.2) is 24.3 Å². The molecular weight excluding hydrogens is 324 g/mol. The number of thioether (sulfide) groups is 1. The lowest BCUT2D eigenvalue weighted by molar-refractivity contribution is -0.0129. The SMILES string of the molecule is CCOc1cccc(C(=O)NC[C@@]2(N3CCOCC3)CCSC2)c1. The monoisotopic (exact) mass is 350 g/mol. The molecule has 0 aromatic heterocycles. The summed E-state index contributed by atoms with van der Waals surface area (Å²) in [7, 11) is 0. The summed E-state index contributed by atoms with van der Waals surface area (Å²) >= 11 is 1.98. The van der Waals surface area contributed by atoms with Crippen molar-refractivity contribution in [1.82, 2.24) is 10.2 Å². The molecule has 1 aromatic carbocycles. The van der Waals surface area contributed by atoms with Gasteiger partial charge in [-0.25, -0.2) is 0 Å². The van der Waals surface area contributed by atoms with E-state index in [0.717, 1.165) is 50.0 Å². The number of benzene rings is 1. The fraction of sp³-hybridized carbons (Fsp3) is 0.611. The fourth-order valence-electron chi connectivity index (χ4n) is 3.38. The molecule has 132 valence electrons. The van der Waals surface area contributed by atoms with E-state index in [-0.39, 0.29) is 11.4 Å². The molecule has 2 aliphatic rings. The molecule has 1 amide bonds. The maximum absolute atomic E-state index is 12.6. The number of rotatable bonds is 6. The molecule has 0 bridgehead atoms. The topological polar surface area (TPSA) is 50.8 Å². The Hall–Kier alpha value is -1.24. The number of morpholine rings is 1. The minimum Gasteiger partial charge on any atom is -0.494 e. The van der Waals surface area contributed by atoms with Gasteiger partial charge in [0.05, 0.1) is 19.8 Å². The summed E-state index contributed by atoms with van der Waals surface area (Å²) < 4.78 is 11.0. The molecule has 0 saturated carbocycles. The van der Waals surface area contributed by atoms with Gasteiger partial charge >= 0.3 is 0 Å². The maximum atomic E-state index is 12.6. The Kier molecular flexibility index (Phi) is 6.03. The molecule has 2 fully saturated rings. The normalized spacial score (nSPS) is 24.7. The van der Waals surface area contributed by atoms with Crippen LogP contribution in [-0.4, -0.2) is 67.3 Å². The van der Waals surface area contributed by atoms with Gasteiger partial charge in [0, 0.05) is 36.5 Å². The first kappa shape index (κ1) is 17.6. The molecule has 6 heteroatoms. The van der Waals surface area contributed by atoms with Crippen molar-refractivity contribution in [3.8, 4) is 5.75 Å². The highest BCUT2D eigenvalue weighted by Gasteiger charge is 2.40. The van der Waals surface area contributed by atoms with Crippen molar-refractivity contribution in [2.24, 2.45) is 0 Å². The van der Waals surface area contributed by atoms with Crippen molar-refractivity contribution in [2.45, 2.75) is 18.9 Å². The third-order valence-electron chi connectivity index (χ3n) is 4.75. The third kappa shape index (κ3) is 4.05. The Morgan fingerprint density at radius 2 is 2.25 bits per heavy atom. The van der Waals surface area contributed by atoms with E-state index < -0.39 is 0 Å². The van der Waals surface area contributed by atoms with Crippen LogP contribution in [0.4, 0.5) is 0 Å². The van der Waals surface area contributed by atoms with E-state index in [2.05, 4.69) is 10.2 Å². The summed E-state index contributed by atoms with van der Waals surface area (Å²) in [5, 5.41) is 3.16. The molecule has 1 atom stereocenters. The van der Waals surface area contributed by atoms with E-state index in [9.17, 15) is 4.79 Å². The van der Waals surface area contributed by atoms with Crippen molar-refractivity contribution < 1.29 is 14.3 Å². The number of ether oxygens (including phenoxy) is 2. The lowest BCUT2D eigenvalue weighted by Crippen LogP contribution is -2.59. The average molecular weight is 350 g/mol. The summed E-state index contributed by atoms with van der Waals surface area (Å²) in [5.41, 5.74) is 0.727. The Morgan fingerprint density at radius 3 is 2.96 bits per heavy atom. The molecule has 3 rings (SSSR count). The molecule has 0 unspecified atom stereocenters. The molecule has 0 spiro atoms. The fourth-order valence-corrected chi connectivity index (χ4v) is 4.85. The highest BCUT2D eigenvalue weighted by atomic mass is 32.2. The molecule has 5 nitrogen and oxygen atoms in total. The summed E-state index contributed by atoms with van der Waals surface area (Å²) in [6, 6.07) is 7.39. The molecule has 0 radical (unpaired) electrons. The maximum Gasteiger partial charge on any atom is 0.251 e. The minimum absolute atomic E-state index is 0.0268. The number of hydrogen-bond donors (Lipinski definition) is 1. The Bertz CT molecular complexity index is 555. The first-order valence-electron chi connectivity index (χ1n) is 8.65. The van der Waals surface area contributed by atoms with Gasteiger partial charge in [-0.05, 0) is 37.3 Å². The molecule has 0 aliphatic carbocycles. The van der Waals surface area contributed by atoms with Crippen molar-refractivity contribution in [3.05, 3.63) is 29.8 Å². The van der Waals surface area contributed by atoms with E-state index >= 15 is 0 Å². The van der Waals surface area contributed by atoms with Crippen molar-refractivity contribution in [3.63, 3.8) is 0 Å². The van der Waals surface area contributed by atoms with Crippen LogP contribution in [-0.2, 0) is 4.74 Å². The summed E-state index contributed by atoms with van der Waals surface area (Å²) in [6.45, 7) is 6.72. The highest BCUT2D eigenvalue weighted by molar-refractivity contribution is 7.99. The van der Waals surface area contributed by atoms with Gasteiger partial charge in [-0.2, -0.15) is 11.8 Å². The lowest BCUT2D eigenvalue weighted by Gasteiger charge is -2.43. The highest BCUT2D eigenvalue weighted by Crippen LogP contribution is 2.33. The number of hydrogen-bond acceptors (Lipinski definition) is 5. The van der Waals surface area contributed by atoms with Gasteiger partial charge in [0.15, 0.2) is 0 Å². The van der Waals surface area contributed by atoms with Crippen LogP contribution in [0.2, 0.25) is 0 Å². The lowest BCUT2D eigenvalue weighted by atomic mass is 9.95. The Morgan fingerprint density at radius 1 is 1.42 bits per heavy atom. The van der Waals surface area contributed by atoms with Crippen molar-refractivity contribution in [1.29, 1.82) is 0 Å². The van der Waals surface area contributed by atoms with Gasteiger partial charge in [0.2, 0.25) is 0 Å². The zero-order valence-electron chi connectivity index (χ0n) is 14.3. The first-order valence-corrected chi connectivity index (χ1v) is 9.81. The quantitative estimate of drug-likeness (QED) is 0.851. The molecule has 1 aromatic rings. The number of nitrogens with one attached hydrogen (secondary N) is 1. The smallest absolute Gasteiger partial charge is 0.251 e. The van der Waals surface area contributed by atoms with Gasteiger partial charge in [-0.1, -0.05) is 6.07 Å². The van der Waals surface area contributed by atoms with Crippen molar-refractivity contribution in [2.75, 3.05) is 51.0 Å². The summed E-state index contributed by atoms with van der Waals surface area (Å²) in [6.07, 6.45) is 1.12. The molecule has 2 heterocycles. The molecule has 2 saturated heterocycles. The molecule has 2 aliphatic heterocycles. The number of nitrogens with zero attached hydrogens (tertiary/aromatic N) is 1. The minimum atomic E-state index is -0.0268. The predicted octanol–water partition coefficient (Wildman–Crippen LogP) is 2.02. The second kappa shape index (κ2) is 8.23. The van der Waals surface area contributed by atoms with Gasteiger partial charge < -0.3 is 14.8 Å². The average Bonchev–Trinajstić information content (AvgIpc) is 3.11. The van der Waals surface area contributed by atoms with Crippen molar-refractivity contribution >= 4 is 17.7 Å². The van der Waals surface area contributed by atoms with Crippen LogP contribution in [0.1, 0.15) is 23.7 Å². The largest absolute Gasteiger partial charge is 0.494 e. The zero-order valence-corrected chi connectivity index (χ0v) is 15.1. The van der Waals surface area contributed by atoms with Gasteiger partial charge in [-0.15, -0.1) is 0 Å². The van der Waals surface area contributed by atoms with Crippen LogP contribution >= 0.6 is 11.8 Å². The molecule has 24 heavy (non-hydrogen) atoms. The van der Waals surface area contributed by atoms with E-state index in [1.54, 1.807) is 0 Å². The van der Waals surface area contributed by atoms with E-state index in [1.165, 1.54) is 0 Å². The van der Waals surface area contributed by atoms with Crippen LogP contribution in [0.5, 0.6) is 5.75 Å². The van der Waals surface area contributed by atoms with Gasteiger partial charge in [0.25, 0.3) is 5.91 Å². The predicted molar refractivity (Wildman–Crippen MR) is 97.0 cm³/mol. The Labute approximate surface area is 148 Å². The third-order valence-corrected chi connectivity index (χ3v) is 5.98. The first-order chi connectivity index (χ1) is 11.7. The van der Waals surface area contributed by atoms with E-state index in [0.29, 0.717) is 18.7 Å². The van der Waals surface area contributed by atoms with Crippen LogP contribution in [0.3, 0.4) is 0 Å². The van der Waals surface area contributed by atoms with Gasteiger partial charge in [0.1, 0.15) is 5.75 Å². The number of carbonyl (C=O) groups is 1. The van der Waals surface area contributed by atoms with Gasteiger partial charge in [-0.3, -0.25) is 9.69 Å². The standard InChI is InChI=1S/C18H26N2O3S/c1-2-23-16-5-3-4-15(12-16)17(21)19-13-18(6-11-24-14-18)20-7-9-22-10-8-20/h3-5,12H,2,6-11,13-14H2,1H3,(H,19,21)/t18-/m0/s1. The summed E-state index contributed by atoms with van der Waals surface area (Å²) in [4.78, 5) is 15.1. The van der Waals surface area contributed by atoms with E-state index in [4.69, 9.17) is 9.47 Å². The van der Waals surface area contributed by atoms with E-state index in [1.807, 2.05) is 43.0 Å². The number of carbonyl (C=O) groups excluding carboxylic acids is 1. The number of amides is 1. The van der Waals surface area contributed by atoms with Crippen LogP contribution in [0.25, 0.3) is 0 Å². The molecular formula is C18H26N2O3S. The second-order valence-electron chi connectivity index (χ2n) is 6.27. The Balaban J connectivity index is 1.64. The summed E-state index contributed by atoms with van der Waals surface area (Å²) in [5.74, 6) is 2.95. The molecule has 1 N–H and O–H groups in total. The second-order valence-corrected chi connectivity index (χ2v) is 7.38.